The highest BCUT2D eigenvalue weighted by molar-refractivity contribution is 6.02. The fourth-order valence-corrected chi connectivity index (χ4v) is 4.62. The van der Waals surface area contributed by atoms with Crippen molar-refractivity contribution in [3.63, 3.8) is 0 Å². The number of nitrogens with one attached hydrogen (secondary N) is 1. The van der Waals surface area contributed by atoms with E-state index in [4.69, 9.17) is 0 Å². The highest BCUT2D eigenvalue weighted by Crippen LogP contribution is 2.27. The number of fused-ring (bicyclic) bond motifs is 1. The maximum Gasteiger partial charge on any atom is 0.258 e. The van der Waals surface area contributed by atoms with E-state index in [1.807, 2.05) is 38.1 Å². The zero-order valence-electron chi connectivity index (χ0n) is 19.7. The first-order valence-electron chi connectivity index (χ1n) is 11.5. The van der Waals surface area contributed by atoms with Crippen LogP contribution < -0.4 is 10.5 Å². The van der Waals surface area contributed by atoms with E-state index in [9.17, 15) is 9.90 Å². The molecule has 2 aromatic heterocycles. The van der Waals surface area contributed by atoms with Crippen molar-refractivity contribution in [2.45, 2.75) is 13.8 Å². The number of piperazine rings is 1. The molecule has 7 nitrogen and oxygen atoms in total. The van der Waals surface area contributed by atoms with Crippen molar-refractivity contribution in [2.75, 3.05) is 38.1 Å². The van der Waals surface area contributed by atoms with Crippen molar-refractivity contribution in [1.29, 1.82) is 0 Å². The number of anilines is 1. The summed E-state index contributed by atoms with van der Waals surface area (Å²) in [4.78, 5) is 24.3. The van der Waals surface area contributed by atoms with Gasteiger partial charge in [0.2, 0.25) is 5.88 Å². The number of hydrogen-bond donors (Lipinski definition) is 2. The molecule has 2 N–H and O–H groups in total. The minimum Gasteiger partial charge on any atom is -0.494 e. The minimum absolute atomic E-state index is 0.187. The molecule has 0 spiro atoms. The summed E-state index contributed by atoms with van der Waals surface area (Å²) in [6.45, 7) is 8.23. The number of aromatic amines is 1. The zero-order valence-corrected chi connectivity index (χ0v) is 19.7. The average Bonchev–Trinajstić information content (AvgIpc) is 3.17. The van der Waals surface area contributed by atoms with Gasteiger partial charge in [-0.25, -0.2) is 0 Å². The Kier molecular flexibility index (Phi) is 5.71. The van der Waals surface area contributed by atoms with Crippen molar-refractivity contribution in [2.24, 2.45) is 4.99 Å². The van der Waals surface area contributed by atoms with E-state index in [1.165, 1.54) is 5.69 Å². The number of nitrogens with zero attached hydrogens (tertiary/aromatic N) is 4. The summed E-state index contributed by atoms with van der Waals surface area (Å²) in [7, 11) is 2.15. The predicted molar refractivity (Wildman–Crippen MR) is 138 cm³/mol. The number of rotatable bonds is 4. The van der Waals surface area contributed by atoms with Crippen LogP contribution in [-0.4, -0.2) is 59.0 Å². The van der Waals surface area contributed by atoms with Gasteiger partial charge < -0.3 is 19.5 Å². The van der Waals surface area contributed by atoms with Gasteiger partial charge in [0.15, 0.2) is 0 Å². The molecule has 0 amide bonds. The van der Waals surface area contributed by atoms with Gasteiger partial charge in [0, 0.05) is 65.9 Å². The van der Waals surface area contributed by atoms with Gasteiger partial charge in [-0.1, -0.05) is 0 Å². The summed E-state index contributed by atoms with van der Waals surface area (Å²) in [5.74, 6) is -0.187. The highest BCUT2D eigenvalue weighted by Gasteiger charge is 2.15. The Bertz CT molecular complexity index is 1400. The summed E-state index contributed by atoms with van der Waals surface area (Å²) in [5, 5.41) is 11.7. The third-order valence-electron chi connectivity index (χ3n) is 6.62. The normalized spacial score (nSPS) is 15.0. The van der Waals surface area contributed by atoms with Crippen LogP contribution in [0.15, 0.2) is 64.4 Å². The van der Waals surface area contributed by atoms with Crippen LogP contribution in [0.3, 0.4) is 0 Å². The van der Waals surface area contributed by atoms with E-state index < -0.39 is 0 Å². The van der Waals surface area contributed by atoms with Crippen molar-refractivity contribution in [3.05, 3.63) is 81.9 Å². The number of aromatic hydroxyl groups is 1. The van der Waals surface area contributed by atoms with Gasteiger partial charge in [0.1, 0.15) is 0 Å². The lowest BCUT2D eigenvalue weighted by atomic mass is 10.1. The first-order chi connectivity index (χ1) is 16.4. The molecule has 0 bridgehead atoms. The van der Waals surface area contributed by atoms with E-state index in [1.54, 1.807) is 12.3 Å². The number of H-pyrrole nitrogens is 1. The number of aliphatic imine (C=N–C) groups is 1. The molecule has 174 valence electrons. The summed E-state index contributed by atoms with van der Waals surface area (Å²) < 4.78 is 2.12. The Morgan fingerprint density at radius 2 is 1.53 bits per heavy atom. The van der Waals surface area contributed by atoms with Crippen molar-refractivity contribution in [1.82, 2.24) is 14.5 Å². The van der Waals surface area contributed by atoms with Gasteiger partial charge in [-0.2, -0.15) is 0 Å². The Labute approximate surface area is 198 Å². The third-order valence-corrected chi connectivity index (χ3v) is 6.62. The molecule has 1 aliphatic rings. The molecule has 0 atom stereocenters. The molecule has 5 rings (SSSR count). The maximum atomic E-state index is 12.5. The van der Waals surface area contributed by atoms with E-state index in [0.29, 0.717) is 16.3 Å². The molecule has 34 heavy (non-hydrogen) atoms. The van der Waals surface area contributed by atoms with Crippen LogP contribution in [0.5, 0.6) is 5.88 Å². The second-order valence-electron chi connectivity index (χ2n) is 8.96. The van der Waals surface area contributed by atoms with Gasteiger partial charge in [0.25, 0.3) is 5.56 Å². The van der Waals surface area contributed by atoms with E-state index in [-0.39, 0.29) is 11.4 Å². The molecule has 2 aromatic carbocycles. The zero-order chi connectivity index (χ0) is 23.8. The standard InChI is InChI=1S/C27H29N5O2/c1-18-4-5-19(2)32(18)22-10-11-23-24(16-22)25(27(34)29-26(23)33)17-28-20-6-8-21(9-7-20)31-14-12-30(3)13-15-31/h4-11,16-17H,12-15H2,1-3H3,(H2,29,33,34). The van der Waals surface area contributed by atoms with Gasteiger partial charge >= 0.3 is 0 Å². The number of hydrogen-bond acceptors (Lipinski definition) is 5. The lowest BCUT2D eigenvalue weighted by Gasteiger charge is -2.34. The molecular formula is C27H29N5O2. The Morgan fingerprint density at radius 3 is 2.21 bits per heavy atom. The first-order valence-corrected chi connectivity index (χ1v) is 11.5. The number of aromatic nitrogens is 2. The van der Waals surface area contributed by atoms with Crippen LogP contribution in [0.2, 0.25) is 0 Å². The van der Waals surface area contributed by atoms with Crippen LogP contribution >= 0.6 is 0 Å². The lowest BCUT2D eigenvalue weighted by Crippen LogP contribution is -2.44. The highest BCUT2D eigenvalue weighted by atomic mass is 16.3. The molecule has 4 aromatic rings. The molecule has 1 fully saturated rings. The second-order valence-corrected chi connectivity index (χ2v) is 8.96. The Morgan fingerprint density at radius 1 is 0.882 bits per heavy atom. The number of aryl methyl sites for hydroxylation is 2. The molecule has 0 unspecified atom stereocenters. The van der Waals surface area contributed by atoms with Gasteiger partial charge in [-0.3, -0.25) is 14.8 Å². The first kappa shape index (κ1) is 22.0. The minimum atomic E-state index is -0.325. The smallest absolute Gasteiger partial charge is 0.258 e. The fraction of sp³-hybridized carbons (Fsp3) is 0.259. The van der Waals surface area contributed by atoms with Gasteiger partial charge in [-0.15, -0.1) is 0 Å². The molecule has 3 heterocycles. The number of benzene rings is 2. The monoisotopic (exact) mass is 455 g/mol. The Hall–Kier alpha value is -3.84. The van der Waals surface area contributed by atoms with Crippen molar-refractivity contribution < 1.29 is 5.11 Å². The molecule has 1 saturated heterocycles. The maximum absolute atomic E-state index is 12.5. The molecule has 0 aliphatic carbocycles. The molecular weight excluding hydrogens is 426 g/mol. The second kappa shape index (κ2) is 8.83. The van der Waals surface area contributed by atoms with E-state index in [2.05, 4.69) is 55.7 Å². The third kappa shape index (κ3) is 4.10. The van der Waals surface area contributed by atoms with Crippen molar-refractivity contribution >= 4 is 28.4 Å². The largest absolute Gasteiger partial charge is 0.494 e. The van der Waals surface area contributed by atoms with Gasteiger partial charge in [-0.05, 0) is 75.5 Å². The molecule has 1 aliphatic heterocycles. The summed E-state index contributed by atoms with van der Waals surface area (Å²) >= 11 is 0. The Balaban J connectivity index is 1.49. The lowest BCUT2D eigenvalue weighted by molar-refractivity contribution is 0.313. The van der Waals surface area contributed by atoms with Crippen LogP contribution in [0.25, 0.3) is 16.5 Å². The van der Waals surface area contributed by atoms with E-state index >= 15 is 0 Å². The predicted octanol–water partition coefficient (Wildman–Crippen LogP) is 4.14. The van der Waals surface area contributed by atoms with Crippen molar-refractivity contribution in [3.8, 4) is 11.6 Å². The van der Waals surface area contributed by atoms with Crippen LogP contribution in [0.1, 0.15) is 17.0 Å². The molecule has 0 radical (unpaired) electrons. The quantitative estimate of drug-likeness (QED) is 0.454. The molecule has 0 saturated carbocycles. The summed E-state index contributed by atoms with van der Waals surface area (Å²) in [5.41, 5.74) is 5.26. The topological polar surface area (TPSA) is 76.9 Å². The van der Waals surface area contributed by atoms with Crippen LogP contribution in [0.4, 0.5) is 11.4 Å². The van der Waals surface area contributed by atoms with E-state index in [0.717, 1.165) is 48.9 Å². The van der Waals surface area contributed by atoms with Crippen LogP contribution in [0, 0.1) is 13.8 Å². The molecule has 7 heteroatoms. The number of pyridine rings is 1. The van der Waals surface area contributed by atoms with Crippen LogP contribution in [-0.2, 0) is 0 Å². The SMILES string of the molecule is Cc1ccc(C)n1-c1ccc2c(=O)[nH]c(O)c(C=Nc3ccc(N4CCN(C)CC4)cc3)c2c1. The number of likely N-dealkylation sites (N-methyl/N-ethyl adjacent to an activating group) is 1. The summed E-state index contributed by atoms with van der Waals surface area (Å²) in [6, 6.07) is 17.9. The summed E-state index contributed by atoms with van der Waals surface area (Å²) in [6.07, 6.45) is 1.62. The average molecular weight is 456 g/mol. The fourth-order valence-electron chi connectivity index (χ4n) is 4.62. The van der Waals surface area contributed by atoms with Gasteiger partial charge in [0.05, 0.1) is 11.3 Å².